The Kier molecular flexibility index (Phi) is 5.33. The van der Waals surface area contributed by atoms with Crippen LogP contribution < -0.4 is 5.32 Å². The highest BCUT2D eigenvalue weighted by molar-refractivity contribution is 7.89. The summed E-state index contributed by atoms with van der Waals surface area (Å²) < 4.78 is 26.7. The molecule has 5 nitrogen and oxygen atoms in total. The summed E-state index contributed by atoms with van der Waals surface area (Å²) in [5.74, 6) is -0.124. The van der Waals surface area contributed by atoms with Crippen molar-refractivity contribution in [1.82, 2.24) is 9.62 Å². The van der Waals surface area contributed by atoms with E-state index >= 15 is 0 Å². The molecular weight excluding hydrogens is 344 g/mol. The molecule has 0 saturated carbocycles. The minimum absolute atomic E-state index is 0.124. The van der Waals surface area contributed by atoms with Crippen molar-refractivity contribution in [2.75, 3.05) is 13.1 Å². The molecule has 1 saturated heterocycles. The number of nitrogens with zero attached hydrogens (tertiary/aromatic N) is 1. The molecule has 1 N–H and O–H groups in total. The van der Waals surface area contributed by atoms with Gasteiger partial charge in [0.1, 0.15) is 0 Å². The first-order valence-electron chi connectivity index (χ1n) is 7.97. The van der Waals surface area contributed by atoms with E-state index in [2.05, 4.69) is 5.32 Å². The summed E-state index contributed by atoms with van der Waals surface area (Å²) in [6.45, 7) is 1.57. The van der Waals surface area contributed by atoms with Gasteiger partial charge in [0, 0.05) is 30.6 Å². The van der Waals surface area contributed by atoms with Gasteiger partial charge in [-0.1, -0.05) is 18.6 Å². The summed E-state index contributed by atoms with van der Waals surface area (Å²) in [7, 11) is -3.40. The van der Waals surface area contributed by atoms with E-state index in [4.69, 9.17) is 0 Å². The van der Waals surface area contributed by atoms with Gasteiger partial charge in [-0.2, -0.15) is 15.6 Å². The van der Waals surface area contributed by atoms with Crippen molar-refractivity contribution in [3.63, 3.8) is 0 Å². The van der Waals surface area contributed by atoms with E-state index in [9.17, 15) is 13.2 Å². The van der Waals surface area contributed by atoms with Crippen LogP contribution in [0.2, 0.25) is 0 Å². The van der Waals surface area contributed by atoms with Gasteiger partial charge in [0.25, 0.3) is 5.91 Å². The van der Waals surface area contributed by atoms with Gasteiger partial charge < -0.3 is 5.32 Å². The second-order valence-corrected chi connectivity index (χ2v) is 8.52. The molecule has 24 heavy (non-hydrogen) atoms. The Labute approximate surface area is 146 Å². The highest BCUT2D eigenvalue weighted by atomic mass is 32.2. The summed E-state index contributed by atoms with van der Waals surface area (Å²) >= 11 is 1.48. The van der Waals surface area contributed by atoms with Crippen LogP contribution in [-0.2, 0) is 16.6 Å². The zero-order valence-corrected chi connectivity index (χ0v) is 14.9. The number of benzene rings is 1. The summed E-state index contributed by atoms with van der Waals surface area (Å²) in [6.07, 6.45) is 2.94. The van der Waals surface area contributed by atoms with Crippen molar-refractivity contribution >= 4 is 27.3 Å². The van der Waals surface area contributed by atoms with E-state index in [0.717, 1.165) is 24.8 Å². The van der Waals surface area contributed by atoms with Crippen molar-refractivity contribution in [3.05, 3.63) is 52.2 Å². The summed E-state index contributed by atoms with van der Waals surface area (Å²) in [5.41, 5.74) is 1.51. The third-order valence-electron chi connectivity index (χ3n) is 4.11. The van der Waals surface area contributed by atoms with Crippen LogP contribution in [-0.4, -0.2) is 31.7 Å². The molecule has 1 amide bonds. The fourth-order valence-electron chi connectivity index (χ4n) is 2.71. The first-order valence-corrected chi connectivity index (χ1v) is 10.4. The van der Waals surface area contributed by atoms with Gasteiger partial charge >= 0.3 is 0 Å². The normalized spacial score (nSPS) is 16.0. The SMILES string of the molecule is O=C(NCc1ccc(S(=O)(=O)N2CCCCC2)cc1)c1ccsc1. The van der Waals surface area contributed by atoms with E-state index in [-0.39, 0.29) is 5.91 Å². The van der Waals surface area contributed by atoms with Gasteiger partial charge in [0.05, 0.1) is 4.90 Å². The zero-order valence-electron chi connectivity index (χ0n) is 13.3. The van der Waals surface area contributed by atoms with Crippen LogP contribution in [0.25, 0.3) is 0 Å². The van der Waals surface area contributed by atoms with E-state index < -0.39 is 10.0 Å². The zero-order chi connectivity index (χ0) is 17.0. The molecule has 1 aromatic carbocycles. The predicted molar refractivity (Wildman–Crippen MR) is 94.5 cm³/mol. The molecule has 2 heterocycles. The third kappa shape index (κ3) is 3.85. The lowest BCUT2D eigenvalue weighted by Crippen LogP contribution is -2.35. The minimum atomic E-state index is -3.40. The van der Waals surface area contributed by atoms with E-state index in [1.807, 2.05) is 5.38 Å². The average Bonchev–Trinajstić information content (AvgIpc) is 3.15. The lowest BCUT2D eigenvalue weighted by Gasteiger charge is -2.25. The molecule has 0 bridgehead atoms. The number of thiophene rings is 1. The fraction of sp³-hybridized carbons (Fsp3) is 0.353. The molecule has 2 aromatic rings. The molecule has 1 aliphatic rings. The predicted octanol–water partition coefficient (Wildman–Crippen LogP) is 2.85. The topological polar surface area (TPSA) is 66.5 Å². The number of carbonyl (C=O) groups is 1. The van der Waals surface area contributed by atoms with Crippen LogP contribution in [0.4, 0.5) is 0 Å². The molecule has 128 valence electrons. The van der Waals surface area contributed by atoms with Crippen LogP contribution in [0.5, 0.6) is 0 Å². The maximum Gasteiger partial charge on any atom is 0.252 e. The summed E-state index contributed by atoms with van der Waals surface area (Å²) in [4.78, 5) is 12.2. The van der Waals surface area contributed by atoms with Crippen LogP contribution >= 0.6 is 11.3 Å². The number of piperidine rings is 1. The maximum absolute atomic E-state index is 12.6. The number of sulfonamides is 1. The average molecular weight is 364 g/mol. The maximum atomic E-state index is 12.6. The highest BCUT2D eigenvalue weighted by Crippen LogP contribution is 2.20. The van der Waals surface area contributed by atoms with Gasteiger partial charge in [-0.3, -0.25) is 4.79 Å². The smallest absolute Gasteiger partial charge is 0.252 e. The van der Waals surface area contributed by atoms with E-state index in [1.54, 1.807) is 40.0 Å². The number of hydrogen-bond donors (Lipinski definition) is 1. The van der Waals surface area contributed by atoms with E-state index in [1.165, 1.54) is 11.3 Å². The fourth-order valence-corrected chi connectivity index (χ4v) is 4.86. The van der Waals surface area contributed by atoms with Crippen molar-refractivity contribution in [3.8, 4) is 0 Å². The Morgan fingerprint density at radius 3 is 2.42 bits per heavy atom. The second kappa shape index (κ2) is 7.46. The van der Waals surface area contributed by atoms with Crippen molar-refractivity contribution in [1.29, 1.82) is 0 Å². The molecule has 0 radical (unpaired) electrons. The molecule has 7 heteroatoms. The molecule has 1 aromatic heterocycles. The van der Waals surface area contributed by atoms with Crippen molar-refractivity contribution in [2.24, 2.45) is 0 Å². The lowest BCUT2D eigenvalue weighted by molar-refractivity contribution is 0.0951. The minimum Gasteiger partial charge on any atom is -0.348 e. The van der Waals surface area contributed by atoms with Gasteiger partial charge in [0.15, 0.2) is 0 Å². The van der Waals surface area contributed by atoms with Crippen LogP contribution in [0, 0.1) is 0 Å². The molecular formula is C17H20N2O3S2. The molecule has 0 unspecified atom stereocenters. The standard InChI is InChI=1S/C17H20N2O3S2/c20-17(15-8-11-23-13-15)18-12-14-4-6-16(7-5-14)24(21,22)19-9-2-1-3-10-19/h4-8,11,13H,1-3,9-10,12H2,(H,18,20). The van der Waals surface area contributed by atoms with Gasteiger partial charge in [0.2, 0.25) is 10.0 Å². The first kappa shape index (κ1) is 17.1. The largest absolute Gasteiger partial charge is 0.348 e. The lowest BCUT2D eigenvalue weighted by atomic mass is 10.2. The third-order valence-corrected chi connectivity index (χ3v) is 6.71. The van der Waals surface area contributed by atoms with Crippen LogP contribution in [0.15, 0.2) is 46.0 Å². The van der Waals surface area contributed by atoms with Gasteiger partial charge in [-0.15, -0.1) is 0 Å². The molecule has 0 spiro atoms. The first-order chi connectivity index (χ1) is 11.6. The molecule has 1 fully saturated rings. The number of nitrogens with one attached hydrogen (secondary N) is 1. The van der Waals surface area contributed by atoms with Crippen LogP contribution in [0.3, 0.4) is 0 Å². The Morgan fingerprint density at radius 1 is 1.08 bits per heavy atom. The van der Waals surface area contributed by atoms with Gasteiger partial charge in [-0.25, -0.2) is 8.42 Å². The van der Waals surface area contributed by atoms with Crippen molar-refractivity contribution in [2.45, 2.75) is 30.7 Å². The Bertz CT molecular complexity index is 778. The number of rotatable bonds is 5. The van der Waals surface area contributed by atoms with Crippen LogP contribution in [0.1, 0.15) is 35.2 Å². The Morgan fingerprint density at radius 2 is 1.79 bits per heavy atom. The number of hydrogen-bond acceptors (Lipinski definition) is 4. The molecule has 3 rings (SSSR count). The molecule has 0 atom stereocenters. The molecule has 1 aliphatic heterocycles. The quantitative estimate of drug-likeness (QED) is 0.887. The van der Waals surface area contributed by atoms with Crippen molar-refractivity contribution < 1.29 is 13.2 Å². The summed E-state index contributed by atoms with van der Waals surface area (Å²) in [6, 6.07) is 8.52. The Hall–Kier alpha value is -1.70. The highest BCUT2D eigenvalue weighted by Gasteiger charge is 2.25. The number of amides is 1. The second-order valence-electron chi connectivity index (χ2n) is 5.80. The summed E-state index contributed by atoms with van der Waals surface area (Å²) in [5, 5.41) is 6.48. The van der Waals surface area contributed by atoms with E-state index in [0.29, 0.717) is 30.1 Å². The monoisotopic (exact) mass is 364 g/mol. The number of carbonyl (C=O) groups excluding carboxylic acids is 1. The Balaban J connectivity index is 1.63. The molecule has 0 aliphatic carbocycles. The van der Waals surface area contributed by atoms with Gasteiger partial charge in [-0.05, 0) is 42.0 Å².